The van der Waals surface area contributed by atoms with Crippen LogP contribution in [0.25, 0.3) is 0 Å². The number of esters is 1. The minimum Gasteiger partial charge on any atom is -0.497 e. The average molecular weight is 535 g/mol. The number of methoxy groups -OCH3 is 2. The fourth-order valence-electron chi connectivity index (χ4n) is 3.66. The Hall–Kier alpha value is -2.79. The maximum Gasteiger partial charge on any atom is 0.495 e. The summed E-state index contributed by atoms with van der Waals surface area (Å²) in [7, 11) is 1.92. The molecule has 1 aromatic carbocycles. The van der Waals surface area contributed by atoms with Crippen LogP contribution in [0.4, 0.5) is 9.59 Å². The molecule has 1 aliphatic heterocycles. The van der Waals surface area contributed by atoms with Crippen molar-refractivity contribution in [3.63, 3.8) is 0 Å². The third kappa shape index (κ3) is 7.63. The number of imide groups is 1. The van der Waals surface area contributed by atoms with E-state index in [1.807, 2.05) is 27.7 Å². The lowest BCUT2D eigenvalue weighted by molar-refractivity contribution is -0.146. The zero-order valence-corrected chi connectivity index (χ0v) is 24.7. The van der Waals surface area contributed by atoms with Crippen LogP contribution < -0.4 is 10.2 Å². The molecule has 1 atom stereocenters. The molecule has 2 amide bonds. The minimum absolute atomic E-state index is 0.137. The third-order valence-electron chi connectivity index (χ3n) is 6.24. The van der Waals surface area contributed by atoms with Crippen LogP contribution in [0.5, 0.6) is 5.75 Å². The van der Waals surface area contributed by atoms with Gasteiger partial charge in [-0.2, -0.15) is 4.90 Å². The number of rotatable bonds is 6. The molecule has 2 rings (SSSR count). The maximum atomic E-state index is 13.3. The Morgan fingerprint density at radius 3 is 1.76 bits per heavy atom. The van der Waals surface area contributed by atoms with Crippen LogP contribution in [0, 0.1) is 0 Å². The van der Waals surface area contributed by atoms with Gasteiger partial charge in [-0.1, -0.05) is 6.07 Å². The summed E-state index contributed by atoms with van der Waals surface area (Å²) < 4.78 is 33.9. The van der Waals surface area contributed by atoms with E-state index >= 15 is 0 Å². The predicted molar refractivity (Wildman–Crippen MR) is 143 cm³/mol. The van der Waals surface area contributed by atoms with Gasteiger partial charge in [0.25, 0.3) is 0 Å². The number of carbonyl (C=O) groups excluding carboxylic acids is 3. The number of benzene rings is 1. The van der Waals surface area contributed by atoms with Crippen molar-refractivity contribution in [1.82, 2.24) is 4.90 Å². The molecule has 0 aliphatic carbocycles. The van der Waals surface area contributed by atoms with Crippen molar-refractivity contribution in [2.75, 3.05) is 14.2 Å². The van der Waals surface area contributed by atoms with Gasteiger partial charge in [0, 0.05) is 6.42 Å². The topological polar surface area (TPSA) is 110 Å². The van der Waals surface area contributed by atoms with Crippen LogP contribution in [0.1, 0.15) is 74.8 Å². The van der Waals surface area contributed by atoms with E-state index in [2.05, 4.69) is 0 Å². The molecule has 1 fully saturated rings. The van der Waals surface area contributed by atoms with Gasteiger partial charge in [0.1, 0.15) is 23.0 Å². The van der Waals surface area contributed by atoms with Crippen LogP contribution in [-0.4, -0.2) is 72.8 Å². The maximum absolute atomic E-state index is 13.3. The molecule has 11 heteroatoms. The van der Waals surface area contributed by atoms with Gasteiger partial charge in [-0.3, -0.25) is 0 Å². The second kappa shape index (κ2) is 11.1. The highest BCUT2D eigenvalue weighted by Gasteiger charge is 2.52. The highest BCUT2D eigenvalue weighted by Crippen LogP contribution is 2.37. The average Bonchev–Trinajstić information content (AvgIpc) is 2.96. The summed E-state index contributed by atoms with van der Waals surface area (Å²) in [5, 5.41) is 0. The summed E-state index contributed by atoms with van der Waals surface area (Å²) in [5.41, 5.74) is -1.95. The van der Waals surface area contributed by atoms with Crippen LogP contribution in [-0.2, 0) is 34.7 Å². The van der Waals surface area contributed by atoms with E-state index < -0.39 is 53.7 Å². The molecule has 1 saturated heterocycles. The van der Waals surface area contributed by atoms with Crippen molar-refractivity contribution in [2.24, 2.45) is 0 Å². The Balaban J connectivity index is 2.62. The van der Waals surface area contributed by atoms with Gasteiger partial charge < -0.3 is 28.3 Å². The summed E-state index contributed by atoms with van der Waals surface area (Å²) in [5.74, 6) is -0.325. The van der Waals surface area contributed by atoms with Crippen molar-refractivity contribution < 1.29 is 42.6 Å². The number of hydrogen-bond donors (Lipinski definition) is 0. The van der Waals surface area contributed by atoms with Crippen molar-refractivity contribution in [1.29, 1.82) is 0 Å². The summed E-state index contributed by atoms with van der Waals surface area (Å²) in [6, 6.07) is 3.81. The first-order chi connectivity index (χ1) is 17.2. The first kappa shape index (κ1) is 31.4. The Morgan fingerprint density at radius 1 is 0.895 bits per heavy atom. The highest BCUT2D eigenvalue weighted by atomic mass is 16.7. The van der Waals surface area contributed by atoms with E-state index in [-0.39, 0.29) is 6.42 Å². The molecular weight excluding hydrogens is 493 g/mol. The molecule has 1 aliphatic rings. The Labute approximate surface area is 226 Å². The molecule has 0 bridgehead atoms. The van der Waals surface area contributed by atoms with E-state index in [0.29, 0.717) is 21.7 Å². The van der Waals surface area contributed by atoms with E-state index in [0.717, 1.165) is 0 Å². The molecule has 212 valence electrons. The number of hydrogen-bond acceptors (Lipinski definition) is 9. The van der Waals surface area contributed by atoms with Crippen LogP contribution >= 0.6 is 0 Å². The molecule has 0 saturated carbocycles. The van der Waals surface area contributed by atoms with Gasteiger partial charge in [-0.25, -0.2) is 14.4 Å². The van der Waals surface area contributed by atoms with E-state index in [1.165, 1.54) is 14.2 Å². The molecule has 0 aromatic heterocycles. The predicted octanol–water partition coefficient (Wildman–Crippen LogP) is 4.25. The molecule has 1 aromatic rings. The first-order valence-corrected chi connectivity index (χ1v) is 12.6. The van der Waals surface area contributed by atoms with Crippen molar-refractivity contribution in [3.05, 3.63) is 23.8 Å². The smallest absolute Gasteiger partial charge is 0.495 e. The van der Waals surface area contributed by atoms with Gasteiger partial charge >= 0.3 is 25.3 Å². The number of ether oxygens (including phenoxy) is 4. The number of amides is 2. The zero-order chi connectivity index (χ0) is 29.3. The summed E-state index contributed by atoms with van der Waals surface area (Å²) in [6.07, 6.45) is -2.22. The largest absolute Gasteiger partial charge is 0.497 e. The van der Waals surface area contributed by atoms with Crippen molar-refractivity contribution in [2.45, 2.75) is 104 Å². The minimum atomic E-state index is -1.42. The van der Waals surface area contributed by atoms with Gasteiger partial charge in [0.05, 0.1) is 25.4 Å². The standard InChI is InChI=1S/C27H42BNO9/c1-24(2,3)35-22(31)29(23(32)36-25(4,5)6)20(21(30)34-12)16-17-15-18(33-11)13-14-19(17)28-37-26(7,8)27(9,10)38-28/h13-15,20H,16H2,1-12H3/t20-/m0/s1. The lowest BCUT2D eigenvalue weighted by Gasteiger charge is -2.32. The molecule has 0 unspecified atom stereocenters. The Kier molecular flexibility index (Phi) is 9.21. The van der Waals surface area contributed by atoms with Crippen molar-refractivity contribution in [3.8, 4) is 5.75 Å². The fraction of sp³-hybridized carbons (Fsp3) is 0.667. The molecule has 1 heterocycles. The molecule has 10 nitrogen and oxygen atoms in total. The lowest BCUT2D eigenvalue weighted by atomic mass is 9.74. The van der Waals surface area contributed by atoms with Gasteiger partial charge in [0.15, 0.2) is 0 Å². The molecule has 0 N–H and O–H groups in total. The summed E-state index contributed by atoms with van der Waals surface area (Å²) in [4.78, 5) is 40.4. The van der Waals surface area contributed by atoms with Crippen LogP contribution in [0.2, 0.25) is 0 Å². The highest BCUT2D eigenvalue weighted by molar-refractivity contribution is 6.62. The van der Waals surface area contributed by atoms with Crippen LogP contribution in [0.3, 0.4) is 0 Å². The normalized spacial score (nSPS) is 17.4. The molecule has 38 heavy (non-hydrogen) atoms. The van der Waals surface area contributed by atoms with Crippen LogP contribution in [0.15, 0.2) is 18.2 Å². The quantitative estimate of drug-likeness (QED) is 0.300. The zero-order valence-electron chi connectivity index (χ0n) is 24.7. The molecule has 0 radical (unpaired) electrons. The Bertz CT molecular complexity index is 996. The Morgan fingerprint density at radius 2 is 1.37 bits per heavy atom. The molecular formula is C27H42BNO9. The van der Waals surface area contributed by atoms with E-state index in [1.54, 1.807) is 59.7 Å². The number of nitrogens with zero attached hydrogens (tertiary/aromatic N) is 1. The lowest BCUT2D eigenvalue weighted by Crippen LogP contribution is -2.53. The molecule has 0 spiro atoms. The SMILES string of the molecule is COC(=O)[C@H](Cc1cc(OC)ccc1B1OC(C)(C)C(C)(C)O1)N(C(=O)OC(C)(C)C)C(=O)OC(C)(C)C. The van der Waals surface area contributed by atoms with Gasteiger partial charge in [-0.05, 0) is 92.4 Å². The van der Waals surface area contributed by atoms with Crippen molar-refractivity contribution >= 4 is 30.7 Å². The summed E-state index contributed by atoms with van der Waals surface area (Å²) in [6.45, 7) is 17.7. The van der Waals surface area contributed by atoms with Gasteiger partial charge in [-0.15, -0.1) is 0 Å². The number of carbonyl (C=O) groups is 3. The first-order valence-electron chi connectivity index (χ1n) is 12.6. The van der Waals surface area contributed by atoms with Gasteiger partial charge in [0.2, 0.25) is 0 Å². The fourth-order valence-corrected chi connectivity index (χ4v) is 3.66. The second-order valence-electron chi connectivity index (χ2n) is 12.2. The van der Waals surface area contributed by atoms with E-state index in [9.17, 15) is 14.4 Å². The van der Waals surface area contributed by atoms with E-state index in [4.69, 9.17) is 28.3 Å². The monoisotopic (exact) mass is 535 g/mol. The second-order valence-corrected chi connectivity index (χ2v) is 12.2. The summed E-state index contributed by atoms with van der Waals surface area (Å²) >= 11 is 0. The third-order valence-corrected chi connectivity index (χ3v) is 6.24.